The van der Waals surface area contributed by atoms with E-state index in [-0.39, 0.29) is 0 Å². The second-order valence-electron chi connectivity index (χ2n) is 2.42. The number of rotatable bonds is 0. The fourth-order valence-electron chi connectivity index (χ4n) is 1.11. The molecule has 2 aliphatic carbocycles. The topological polar surface area (TPSA) is 0 Å². The van der Waals surface area contributed by atoms with Gasteiger partial charge in [-0.15, -0.1) is 0 Å². The van der Waals surface area contributed by atoms with Crippen molar-refractivity contribution in [2.75, 3.05) is 0 Å². The molecule has 2 rings (SSSR count). The van der Waals surface area contributed by atoms with E-state index in [0.717, 1.165) is 5.82 Å². The van der Waals surface area contributed by atoms with E-state index in [2.05, 4.69) is 7.85 Å². The van der Waals surface area contributed by atoms with Crippen molar-refractivity contribution < 1.29 is 0 Å². The first kappa shape index (κ1) is 2.28. The first-order chi connectivity index (χ1) is 2.39. The summed E-state index contributed by atoms with van der Waals surface area (Å²) in [5.74, 6) is 3.58. The van der Waals surface area contributed by atoms with E-state index >= 15 is 0 Å². The van der Waals surface area contributed by atoms with Crippen LogP contribution < -0.4 is 0 Å². The predicted octanol–water partition coefficient (Wildman–Crippen LogP) is 0.0577. The highest BCUT2D eigenvalue weighted by Gasteiger charge is 2.60. The van der Waals surface area contributed by atoms with Gasteiger partial charge in [0.1, 0.15) is 7.85 Å². The number of fused-ring (bicyclic) bond motifs is 1. The molecular formula is C4H7B. The minimum atomic E-state index is 1.15. The van der Waals surface area contributed by atoms with Gasteiger partial charge in [0.15, 0.2) is 0 Å². The molecule has 2 fully saturated rings. The minimum Gasteiger partial charge on any atom is -0.0636 e. The van der Waals surface area contributed by atoms with E-state index in [9.17, 15) is 0 Å². The van der Waals surface area contributed by atoms with Gasteiger partial charge in [-0.1, -0.05) is 5.82 Å². The monoisotopic (exact) mass is 66.1 g/mol. The van der Waals surface area contributed by atoms with Gasteiger partial charge in [0.05, 0.1) is 0 Å². The van der Waals surface area contributed by atoms with Gasteiger partial charge < -0.3 is 0 Å². The van der Waals surface area contributed by atoms with E-state index in [4.69, 9.17) is 0 Å². The molecule has 0 radical (unpaired) electrons. The van der Waals surface area contributed by atoms with Gasteiger partial charge in [-0.25, -0.2) is 0 Å². The molecular weight excluding hydrogens is 58.9 g/mol. The quantitative estimate of drug-likeness (QED) is 0.350. The Labute approximate surface area is 33.0 Å². The maximum absolute atomic E-state index is 2.35. The van der Waals surface area contributed by atoms with Crippen molar-refractivity contribution in [3.05, 3.63) is 0 Å². The first-order valence-electron chi connectivity index (χ1n) is 2.39. The van der Waals surface area contributed by atoms with Crippen molar-refractivity contribution in [2.24, 2.45) is 11.8 Å². The van der Waals surface area contributed by atoms with Crippen LogP contribution in [0.25, 0.3) is 0 Å². The van der Waals surface area contributed by atoms with Crippen LogP contribution in [0.4, 0.5) is 0 Å². The molecule has 0 heterocycles. The Hall–Kier alpha value is 0.0649. The molecule has 5 heavy (non-hydrogen) atoms. The third-order valence-corrected chi connectivity index (χ3v) is 2.10. The molecule has 2 saturated carbocycles. The second-order valence-corrected chi connectivity index (χ2v) is 2.42. The summed E-state index contributed by atoms with van der Waals surface area (Å²) >= 11 is 0. The van der Waals surface area contributed by atoms with Crippen LogP contribution in [0.2, 0.25) is 5.82 Å². The number of hydrogen-bond acceptors (Lipinski definition) is 0. The van der Waals surface area contributed by atoms with Crippen LogP contribution in [0.3, 0.4) is 0 Å². The molecule has 2 unspecified atom stereocenters. The van der Waals surface area contributed by atoms with Crippen molar-refractivity contribution in [2.45, 2.75) is 12.2 Å². The van der Waals surface area contributed by atoms with Crippen molar-refractivity contribution >= 4 is 7.85 Å². The van der Waals surface area contributed by atoms with Gasteiger partial charge in [-0.2, -0.15) is 0 Å². The lowest BCUT2D eigenvalue weighted by molar-refractivity contribution is 0.910. The smallest absolute Gasteiger partial charge is 0.0636 e. The molecule has 0 nitrogen and oxygen atoms in total. The summed E-state index contributed by atoms with van der Waals surface area (Å²) in [7, 11) is 2.35. The van der Waals surface area contributed by atoms with Crippen LogP contribution in [0.1, 0.15) is 6.42 Å². The lowest BCUT2D eigenvalue weighted by atomic mass is 9.93. The van der Waals surface area contributed by atoms with Crippen LogP contribution in [0.5, 0.6) is 0 Å². The Morgan fingerprint density at radius 3 is 1.80 bits per heavy atom. The summed E-state index contributed by atoms with van der Waals surface area (Å²) in [5, 5.41) is 0. The molecule has 0 aromatic heterocycles. The molecule has 0 aliphatic heterocycles. The zero-order valence-electron chi connectivity index (χ0n) is 3.44. The molecule has 0 N–H and O–H groups in total. The molecule has 0 bridgehead atoms. The lowest BCUT2D eigenvalue weighted by Crippen LogP contribution is -1.73. The molecule has 26 valence electrons. The molecule has 2 aliphatic rings. The minimum absolute atomic E-state index is 1.15. The second kappa shape index (κ2) is 0.377. The Morgan fingerprint density at radius 1 is 1.40 bits per heavy atom. The van der Waals surface area contributed by atoms with Crippen LogP contribution in [0.15, 0.2) is 0 Å². The molecule has 2 atom stereocenters. The maximum atomic E-state index is 2.35. The van der Waals surface area contributed by atoms with Gasteiger partial charge >= 0.3 is 0 Å². The molecule has 0 spiro atoms. The lowest BCUT2D eigenvalue weighted by Gasteiger charge is -1.81. The summed E-state index contributed by atoms with van der Waals surface area (Å²) in [6.07, 6.45) is 1.57. The van der Waals surface area contributed by atoms with Crippen LogP contribution in [0, 0.1) is 11.8 Å². The summed E-state index contributed by atoms with van der Waals surface area (Å²) < 4.78 is 0. The summed E-state index contributed by atoms with van der Waals surface area (Å²) in [6.45, 7) is 0. The Kier molecular flexibility index (Phi) is 0.172. The first-order valence-corrected chi connectivity index (χ1v) is 2.39. The molecule has 0 amide bonds. The SMILES string of the molecule is BC1C2CC12. The van der Waals surface area contributed by atoms with Gasteiger partial charge in [-0.05, 0) is 18.3 Å². The Bertz CT molecular complexity index is 55.3. The van der Waals surface area contributed by atoms with Gasteiger partial charge in [-0.3, -0.25) is 0 Å². The van der Waals surface area contributed by atoms with E-state index < -0.39 is 0 Å². The summed E-state index contributed by atoms with van der Waals surface area (Å²) in [4.78, 5) is 0. The van der Waals surface area contributed by atoms with Gasteiger partial charge in [0.2, 0.25) is 0 Å². The predicted molar refractivity (Wildman–Crippen MR) is 23.9 cm³/mol. The summed E-state index contributed by atoms with van der Waals surface area (Å²) in [6, 6.07) is 0. The van der Waals surface area contributed by atoms with Gasteiger partial charge in [0.25, 0.3) is 0 Å². The largest absolute Gasteiger partial charge is 0.106 e. The average Bonchev–Trinajstić information content (AvgIpc) is 2.11. The molecule has 0 aromatic carbocycles. The third kappa shape index (κ3) is 0.119. The zero-order valence-corrected chi connectivity index (χ0v) is 3.44. The highest BCUT2D eigenvalue weighted by atomic mass is 14.6. The molecule has 0 saturated heterocycles. The molecule has 0 aromatic rings. The Morgan fingerprint density at radius 2 is 1.80 bits per heavy atom. The average molecular weight is 65.9 g/mol. The molecule has 1 heteroatoms. The van der Waals surface area contributed by atoms with E-state index in [1.165, 1.54) is 11.8 Å². The van der Waals surface area contributed by atoms with Crippen molar-refractivity contribution in [1.29, 1.82) is 0 Å². The van der Waals surface area contributed by atoms with Crippen LogP contribution in [-0.2, 0) is 0 Å². The van der Waals surface area contributed by atoms with E-state index in [0.29, 0.717) is 0 Å². The van der Waals surface area contributed by atoms with Crippen molar-refractivity contribution in [3.8, 4) is 0 Å². The Balaban J connectivity index is 2.19. The zero-order chi connectivity index (χ0) is 3.44. The highest BCUT2D eigenvalue weighted by Crippen LogP contribution is 2.71. The van der Waals surface area contributed by atoms with Crippen molar-refractivity contribution in [3.63, 3.8) is 0 Å². The fourth-order valence-corrected chi connectivity index (χ4v) is 1.11. The van der Waals surface area contributed by atoms with Crippen LogP contribution >= 0.6 is 0 Å². The van der Waals surface area contributed by atoms with Gasteiger partial charge in [0, 0.05) is 0 Å². The van der Waals surface area contributed by atoms with Crippen LogP contribution in [-0.4, -0.2) is 7.85 Å². The maximum Gasteiger partial charge on any atom is 0.106 e. The van der Waals surface area contributed by atoms with E-state index in [1.807, 2.05) is 0 Å². The standard InChI is InChI=1S/C4H7B/c5-4-2-1-3(2)4/h2-4H,1,5H2. The van der Waals surface area contributed by atoms with E-state index in [1.54, 1.807) is 6.42 Å². The third-order valence-electron chi connectivity index (χ3n) is 2.10. The normalized spacial score (nSPS) is 70.0. The van der Waals surface area contributed by atoms with Crippen molar-refractivity contribution in [1.82, 2.24) is 0 Å². The fraction of sp³-hybridized carbons (Fsp3) is 1.00. The highest BCUT2D eigenvalue weighted by molar-refractivity contribution is 6.15. The summed E-state index contributed by atoms with van der Waals surface area (Å²) in [5.41, 5.74) is 0. The number of hydrogen-bond donors (Lipinski definition) is 0.